The normalized spacial score (nSPS) is 18.1. The molecule has 2 unspecified atom stereocenters. The summed E-state index contributed by atoms with van der Waals surface area (Å²) in [6.45, 7) is 8.92. The van der Waals surface area contributed by atoms with Crippen LogP contribution in [0.4, 0.5) is 14.6 Å². The van der Waals surface area contributed by atoms with Crippen LogP contribution >= 0.6 is 0 Å². The fourth-order valence-corrected chi connectivity index (χ4v) is 3.53. The van der Waals surface area contributed by atoms with Crippen molar-refractivity contribution in [2.24, 2.45) is 11.0 Å². The van der Waals surface area contributed by atoms with Gasteiger partial charge in [-0.1, -0.05) is 19.9 Å². The highest BCUT2D eigenvalue weighted by molar-refractivity contribution is 5.80. The zero-order valence-electron chi connectivity index (χ0n) is 17.0. The first-order valence-corrected chi connectivity index (χ1v) is 9.79. The van der Waals surface area contributed by atoms with E-state index in [0.29, 0.717) is 12.2 Å². The van der Waals surface area contributed by atoms with Gasteiger partial charge < -0.3 is 5.11 Å². The highest BCUT2D eigenvalue weighted by Crippen LogP contribution is 2.32. The van der Waals surface area contributed by atoms with Crippen LogP contribution in [0.15, 0.2) is 30.4 Å². The Morgan fingerprint density at radius 2 is 2.14 bits per heavy atom. The van der Waals surface area contributed by atoms with E-state index in [1.807, 2.05) is 20.8 Å². The summed E-state index contributed by atoms with van der Waals surface area (Å²) < 4.78 is 26.3. The van der Waals surface area contributed by atoms with E-state index in [4.69, 9.17) is 0 Å². The molecule has 1 aliphatic rings. The summed E-state index contributed by atoms with van der Waals surface area (Å²) in [5.41, 5.74) is 1.81. The van der Waals surface area contributed by atoms with Gasteiger partial charge in [0.15, 0.2) is 5.82 Å². The van der Waals surface area contributed by atoms with Crippen LogP contribution in [0.5, 0.6) is 0 Å². The molecule has 0 amide bonds. The Bertz CT molecular complexity index is 670. The molecular weight excluding hydrogens is 364 g/mol. The Morgan fingerprint density at radius 3 is 2.71 bits per heavy atom. The second-order valence-corrected chi connectivity index (χ2v) is 7.56. The first-order chi connectivity index (χ1) is 13.3. The molecule has 28 heavy (non-hydrogen) atoms. The Labute approximate surface area is 166 Å². The van der Waals surface area contributed by atoms with Gasteiger partial charge in [0.25, 0.3) is 5.92 Å². The van der Waals surface area contributed by atoms with Crippen LogP contribution in [0.3, 0.4) is 0 Å². The van der Waals surface area contributed by atoms with Crippen molar-refractivity contribution in [1.82, 2.24) is 14.9 Å². The first kappa shape index (κ1) is 22.4. The highest BCUT2D eigenvalue weighted by Gasteiger charge is 2.47. The zero-order valence-corrected chi connectivity index (χ0v) is 17.0. The molecule has 0 spiro atoms. The molecule has 0 aliphatic carbocycles. The molecule has 2 rings (SSSR count). The number of aliphatic hydroxyl groups excluding tert-OH is 1. The van der Waals surface area contributed by atoms with Gasteiger partial charge in [-0.2, -0.15) is 5.10 Å². The van der Waals surface area contributed by atoms with E-state index in [2.05, 4.69) is 21.6 Å². The van der Waals surface area contributed by atoms with Crippen molar-refractivity contribution in [2.75, 3.05) is 18.1 Å². The van der Waals surface area contributed by atoms with E-state index < -0.39 is 12.2 Å². The van der Waals surface area contributed by atoms with Crippen molar-refractivity contribution in [3.63, 3.8) is 0 Å². The van der Waals surface area contributed by atoms with Crippen LogP contribution in [0.1, 0.15) is 52.0 Å². The average molecular weight is 395 g/mol. The van der Waals surface area contributed by atoms with Gasteiger partial charge in [0.05, 0.1) is 13.1 Å². The van der Waals surface area contributed by atoms with Gasteiger partial charge in [-0.25, -0.2) is 23.8 Å². The lowest BCUT2D eigenvalue weighted by Crippen LogP contribution is -2.61. The van der Waals surface area contributed by atoms with Gasteiger partial charge in [0, 0.05) is 23.7 Å². The van der Waals surface area contributed by atoms with Crippen molar-refractivity contribution in [3.05, 3.63) is 30.9 Å². The zero-order chi connectivity index (χ0) is 20.7. The van der Waals surface area contributed by atoms with Gasteiger partial charge in [0.1, 0.15) is 12.6 Å². The molecule has 0 radical (unpaired) electrons. The molecule has 6 nitrogen and oxygen atoms in total. The minimum absolute atomic E-state index is 0.0272. The van der Waals surface area contributed by atoms with Gasteiger partial charge >= 0.3 is 0 Å². The molecule has 2 heterocycles. The molecule has 1 N–H and O–H groups in total. The van der Waals surface area contributed by atoms with Crippen molar-refractivity contribution in [2.45, 2.75) is 65.0 Å². The van der Waals surface area contributed by atoms with E-state index in [-0.39, 0.29) is 19.0 Å². The maximum atomic E-state index is 13.1. The Morgan fingerprint density at radius 1 is 1.43 bits per heavy atom. The van der Waals surface area contributed by atoms with E-state index in [9.17, 15) is 13.9 Å². The summed E-state index contributed by atoms with van der Waals surface area (Å²) in [7, 11) is 0. The number of likely N-dealkylation sites (tertiary alicyclic amines) is 1. The number of aryl methyl sites for hydroxylation is 1. The topological polar surface area (TPSA) is 64.8 Å². The summed E-state index contributed by atoms with van der Waals surface area (Å²) in [5, 5.41) is 16.5. The van der Waals surface area contributed by atoms with Crippen LogP contribution in [0.25, 0.3) is 0 Å². The summed E-state index contributed by atoms with van der Waals surface area (Å²) >= 11 is 0. The van der Waals surface area contributed by atoms with Crippen LogP contribution in [0, 0.1) is 5.92 Å². The predicted molar refractivity (Wildman–Crippen MR) is 107 cm³/mol. The fraction of sp³-hybridized carbons (Fsp3) is 0.650. The SMILES string of the molecule is C=CN(N=C(C)C)c1ncncc1CCCC(CCC)C(O)N1CC(F)(F)C1. The highest BCUT2D eigenvalue weighted by atomic mass is 19.3. The quantitative estimate of drug-likeness (QED) is 0.456. The maximum absolute atomic E-state index is 13.1. The second-order valence-electron chi connectivity index (χ2n) is 7.56. The monoisotopic (exact) mass is 395 g/mol. The van der Waals surface area contributed by atoms with Crippen molar-refractivity contribution in [3.8, 4) is 0 Å². The minimum Gasteiger partial charge on any atom is -0.378 e. The Balaban J connectivity index is 1.99. The minimum atomic E-state index is -2.67. The second kappa shape index (κ2) is 10.0. The third-order valence-electron chi connectivity index (χ3n) is 4.81. The lowest BCUT2D eigenvalue weighted by molar-refractivity contribution is -0.198. The van der Waals surface area contributed by atoms with Crippen molar-refractivity contribution >= 4 is 11.5 Å². The molecule has 0 bridgehead atoms. The van der Waals surface area contributed by atoms with E-state index in [0.717, 1.165) is 37.0 Å². The molecular formula is C20H31F2N5O. The number of rotatable bonds is 11. The van der Waals surface area contributed by atoms with Gasteiger partial charge in [0.2, 0.25) is 0 Å². The van der Waals surface area contributed by atoms with Crippen molar-refractivity contribution in [1.29, 1.82) is 0 Å². The smallest absolute Gasteiger partial charge is 0.273 e. The molecule has 1 aromatic heterocycles. The molecule has 8 heteroatoms. The van der Waals surface area contributed by atoms with Crippen LogP contribution in [-0.4, -0.2) is 50.9 Å². The number of hydrogen-bond acceptors (Lipinski definition) is 6. The first-order valence-electron chi connectivity index (χ1n) is 9.79. The van der Waals surface area contributed by atoms with Gasteiger partial charge in [-0.3, -0.25) is 4.90 Å². The van der Waals surface area contributed by atoms with Crippen LogP contribution in [-0.2, 0) is 6.42 Å². The lowest BCUT2D eigenvalue weighted by atomic mass is 9.92. The maximum Gasteiger partial charge on any atom is 0.273 e. The predicted octanol–water partition coefficient (Wildman–Crippen LogP) is 3.83. The van der Waals surface area contributed by atoms with Crippen molar-refractivity contribution < 1.29 is 13.9 Å². The number of anilines is 1. The Hall–Kier alpha value is -1.93. The molecule has 0 aromatic carbocycles. The number of alkyl halides is 2. The molecule has 0 saturated carbocycles. The number of aromatic nitrogens is 2. The van der Waals surface area contributed by atoms with Gasteiger partial charge in [-0.05, 0) is 45.4 Å². The number of hydrazone groups is 1. The van der Waals surface area contributed by atoms with Crippen LogP contribution in [0.2, 0.25) is 0 Å². The van der Waals surface area contributed by atoms with Crippen LogP contribution < -0.4 is 5.01 Å². The fourth-order valence-electron chi connectivity index (χ4n) is 3.53. The molecule has 1 fully saturated rings. The number of hydrogen-bond donors (Lipinski definition) is 1. The third-order valence-corrected chi connectivity index (χ3v) is 4.81. The molecule has 156 valence electrons. The number of nitrogens with zero attached hydrogens (tertiary/aromatic N) is 5. The number of aliphatic hydroxyl groups is 1. The molecule has 1 saturated heterocycles. The summed E-state index contributed by atoms with van der Waals surface area (Å²) in [6, 6.07) is 0. The third kappa shape index (κ3) is 6.04. The van der Waals surface area contributed by atoms with E-state index in [1.54, 1.807) is 17.4 Å². The largest absolute Gasteiger partial charge is 0.378 e. The molecule has 1 aliphatic heterocycles. The van der Waals surface area contributed by atoms with Gasteiger partial charge in [-0.15, -0.1) is 0 Å². The summed E-state index contributed by atoms with van der Waals surface area (Å²) in [6.07, 6.45) is 7.99. The lowest BCUT2D eigenvalue weighted by Gasteiger charge is -2.44. The molecule has 1 aromatic rings. The standard InChI is InChI=1S/C20H31F2N5O/c1-5-8-16(19(28)26-12-20(21,22)13-26)9-7-10-17-11-23-14-24-18(17)27(6-2)25-15(3)4/h6,11,14,16,19,28H,2,5,7-10,12-13H2,1,3-4H3. The number of halogens is 2. The average Bonchev–Trinajstić information content (AvgIpc) is 2.63. The summed E-state index contributed by atoms with van der Waals surface area (Å²) in [5.74, 6) is -2.01. The Kier molecular flexibility index (Phi) is 8.00. The summed E-state index contributed by atoms with van der Waals surface area (Å²) in [4.78, 5) is 9.92. The van der Waals surface area contributed by atoms with E-state index in [1.165, 1.54) is 11.2 Å². The van der Waals surface area contributed by atoms with E-state index >= 15 is 0 Å². The molecule has 2 atom stereocenters.